The molecule has 1 heterocycles. The maximum atomic E-state index is 12.1. The van der Waals surface area contributed by atoms with Gasteiger partial charge in [0.15, 0.2) is 5.76 Å². The van der Waals surface area contributed by atoms with E-state index < -0.39 is 0 Å². The fourth-order valence-corrected chi connectivity index (χ4v) is 2.36. The summed E-state index contributed by atoms with van der Waals surface area (Å²) in [6, 6.07) is 17.7. The average molecular weight is 361 g/mol. The zero-order valence-electron chi connectivity index (χ0n) is 15.0. The molecule has 136 valence electrons. The van der Waals surface area contributed by atoms with Crippen LogP contribution in [0.15, 0.2) is 76.4 Å². The molecule has 0 saturated heterocycles. The molecule has 3 rings (SSSR count). The maximum Gasteiger partial charge on any atom is 0.291 e. The molecule has 6 heteroatoms. The van der Waals surface area contributed by atoms with Gasteiger partial charge in [0.1, 0.15) is 0 Å². The van der Waals surface area contributed by atoms with Crippen molar-refractivity contribution in [1.29, 1.82) is 0 Å². The van der Waals surface area contributed by atoms with Crippen molar-refractivity contribution in [2.75, 3.05) is 5.32 Å². The molecular formula is C21H19N3O3. The Hall–Kier alpha value is -3.67. The Labute approximate surface area is 156 Å². The highest BCUT2D eigenvalue weighted by atomic mass is 16.3. The van der Waals surface area contributed by atoms with Gasteiger partial charge in [-0.2, -0.15) is 5.10 Å². The first-order chi connectivity index (χ1) is 13.0. The highest BCUT2D eigenvalue weighted by molar-refractivity contribution is 6.03. The van der Waals surface area contributed by atoms with E-state index in [1.165, 1.54) is 6.26 Å². The fourth-order valence-electron chi connectivity index (χ4n) is 2.36. The SMILES string of the molecule is CC(=NNC(=O)c1ccc(C)cc1)c1ccc(NC(=O)c2ccco2)cc1. The number of carbonyl (C=O) groups excluding carboxylic acids is 2. The average Bonchev–Trinajstić information content (AvgIpc) is 3.22. The first-order valence-corrected chi connectivity index (χ1v) is 8.39. The number of anilines is 1. The van der Waals surface area contributed by atoms with E-state index in [-0.39, 0.29) is 17.6 Å². The summed E-state index contributed by atoms with van der Waals surface area (Å²) in [5.41, 5.74) is 6.30. The van der Waals surface area contributed by atoms with Crippen molar-refractivity contribution in [3.05, 3.63) is 89.4 Å². The summed E-state index contributed by atoms with van der Waals surface area (Å²) >= 11 is 0. The number of rotatable bonds is 5. The molecule has 0 saturated carbocycles. The highest BCUT2D eigenvalue weighted by Crippen LogP contribution is 2.12. The van der Waals surface area contributed by atoms with E-state index >= 15 is 0 Å². The molecule has 2 aromatic carbocycles. The number of hydrogen-bond acceptors (Lipinski definition) is 4. The van der Waals surface area contributed by atoms with Gasteiger partial charge in [-0.3, -0.25) is 9.59 Å². The van der Waals surface area contributed by atoms with E-state index in [0.29, 0.717) is 17.0 Å². The van der Waals surface area contributed by atoms with E-state index in [2.05, 4.69) is 15.8 Å². The third-order valence-electron chi connectivity index (χ3n) is 3.94. The summed E-state index contributed by atoms with van der Waals surface area (Å²) in [6.07, 6.45) is 1.45. The van der Waals surface area contributed by atoms with Crippen molar-refractivity contribution in [3.63, 3.8) is 0 Å². The summed E-state index contributed by atoms with van der Waals surface area (Å²) in [6.45, 7) is 3.76. The van der Waals surface area contributed by atoms with Gasteiger partial charge in [-0.25, -0.2) is 5.43 Å². The van der Waals surface area contributed by atoms with Crippen LogP contribution >= 0.6 is 0 Å². The van der Waals surface area contributed by atoms with Crippen molar-refractivity contribution in [3.8, 4) is 0 Å². The van der Waals surface area contributed by atoms with Crippen LogP contribution in [0.1, 0.15) is 39.0 Å². The van der Waals surface area contributed by atoms with Crippen molar-refractivity contribution >= 4 is 23.2 Å². The molecule has 0 aliphatic rings. The minimum absolute atomic E-state index is 0.246. The summed E-state index contributed by atoms with van der Waals surface area (Å²) in [5, 5.41) is 6.88. The van der Waals surface area contributed by atoms with Crippen LogP contribution in [0.4, 0.5) is 5.69 Å². The van der Waals surface area contributed by atoms with Crippen molar-refractivity contribution in [2.24, 2.45) is 5.10 Å². The Morgan fingerprint density at radius 2 is 1.56 bits per heavy atom. The molecule has 0 bridgehead atoms. The van der Waals surface area contributed by atoms with Gasteiger partial charge in [-0.05, 0) is 55.8 Å². The summed E-state index contributed by atoms with van der Waals surface area (Å²) in [7, 11) is 0. The van der Waals surface area contributed by atoms with Gasteiger partial charge in [0.05, 0.1) is 12.0 Å². The number of carbonyl (C=O) groups is 2. The quantitative estimate of drug-likeness (QED) is 0.532. The molecule has 3 aromatic rings. The second-order valence-corrected chi connectivity index (χ2v) is 6.01. The Balaban J connectivity index is 1.62. The maximum absolute atomic E-state index is 12.1. The van der Waals surface area contributed by atoms with Crippen LogP contribution in [0, 0.1) is 6.92 Å². The van der Waals surface area contributed by atoms with Gasteiger partial charge >= 0.3 is 0 Å². The number of nitrogens with one attached hydrogen (secondary N) is 2. The highest BCUT2D eigenvalue weighted by Gasteiger charge is 2.09. The van der Waals surface area contributed by atoms with E-state index in [9.17, 15) is 9.59 Å². The molecule has 0 aliphatic heterocycles. The molecule has 6 nitrogen and oxygen atoms in total. The Morgan fingerprint density at radius 3 is 2.19 bits per heavy atom. The van der Waals surface area contributed by atoms with Gasteiger partial charge in [-0.1, -0.05) is 29.8 Å². The van der Waals surface area contributed by atoms with Crippen LogP contribution in [0.5, 0.6) is 0 Å². The Morgan fingerprint density at radius 1 is 0.889 bits per heavy atom. The number of aryl methyl sites for hydroxylation is 1. The second kappa shape index (κ2) is 8.14. The summed E-state index contributed by atoms with van der Waals surface area (Å²) in [4.78, 5) is 24.1. The van der Waals surface area contributed by atoms with E-state index in [4.69, 9.17) is 4.42 Å². The molecule has 0 radical (unpaired) electrons. The van der Waals surface area contributed by atoms with Crippen molar-refractivity contribution in [2.45, 2.75) is 13.8 Å². The topological polar surface area (TPSA) is 83.7 Å². The van der Waals surface area contributed by atoms with E-state index in [1.54, 1.807) is 43.3 Å². The normalized spacial score (nSPS) is 11.1. The lowest BCUT2D eigenvalue weighted by Crippen LogP contribution is -2.19. The zero-order valence-corrected chi connectivity index (χ0v) is 15.0. The molecule has 0 aliphatic carbocycles. The molecular weight excluding hydrogens is 342 g/mol. The number of furan rings is 1. The Kier molecular flexibility index (Phi) is 5.47. The minimum Gasteiger partial charge on any atom is -0.459 e. The van der Waals surface area contributed by atoms with Gasteiger partial charge < -0.3 is 9.73 Å². The third-order valence-corrected chi connectivity index (χ3v) is 3.94. The molecule has 0 atom stereocenters. The lowest BCUT2D eigenvalue weighted by Gasteiger charge is -2.06. The van der Waals surface area contributed by atoms with Crippen LogP contribution in [0.25, 0.3) is 0 Å². The molecule has 0 spiro atoms. The lowest BCUT2D eigenvalue weighted by molar-refractivity contribution is 0.0953. The smallest absolute Gasteiger partial charge is 0.291 e. The van der Waals surface area contributed by atoms with Gasteiger partial charge in [0, 0.05) is 11.3 Å². The molecule has 2 amide bonds. The lowest BCUT2D eigenvalue weighted by atomic mass is 10.1. The van der Waals surface area contributed by atoms with Crippen molar-refractivity contribution < 1.29 is 14.0 Å². The number of amides is 2. The number of nitrogens with zero attached hydrogens (tertiary/aromatic N) is 1. The first-order valence-electron chi connectivity index (χ1n) is 8.39. The van der Waals surface area contributed by atoms with Crippen LogP contribution in [0.3, 0.4) is 0 Å². The summed E-state index contributed by atoms with van der Waals surface area (Å²) in [5.74, 6) is -0.337. The third kappa shape index (κ3) is 4.70. The predicted molar refractivity (Wildman–Crippen MR) is 104 cm³/mol. The van der Waals surface area contributed by atoms with E-state index in [1.807, 2.05) is 31.2 Å². The number of hydrogen-bond donors (Lipinski definition) is 2. The molecule has 2 N–H and O–H groups in total. The molecule has 0 fully saturated rings. The molecule has 27 heavy (non-hydrogen) atoms. The number of hydrazone groups is 1. The largest absolute Gasteiger partial charge is 0.459 e. The van der Waals surface area contributed by atoms with Gasteiger partial charge in [0.25, 0.3) is 11.8 Å². The van der Waals surface area contributed by atoms with Gasteiger partial charge in [0.2, 0.25) is 0 Å². The second-order valence-electron chi connectivity index (χ2n) is 6.01. The van der Waals surface area contributed by atoms with E-state index in [0.717, 1.165) is 11.1 Å². The first kappa shape index (κ1) is 18.1. The molecule has 1 aromatic heterocycles. The monoisotopic (exact) mass is 361 g/mol. The zero-order chi connectivity index (χ0) is 19.2. The van der Waals surface area contributed by atoms with Crippen LogP contribution < -0.4 is 10.7 Å². The predicted octanol–water partition coefficient (Wildman–Crippen LogP) is 3.99. The minimum atomic E-state index is -0.316. The van der Waals surface area contributed by atoms with Gasteiger partial charge in [-0.15, -0.1) is 0 Å². The Bertz CT molecular complexity index is 957. The number of benzene rings is 2. The molecule has 0 unspecified atom stereocenters. The van der Waals surface area contributed by atoms with Crippen LogP contribution in [-0.2, 0) is 0 Å². The fraction of sp³-hybridized carbons (Fsp3) is 0.0952. The van der Waals surface area contributed by atoms with Crippen LogP contribution in [-0.4, -0.2) is 17.5 Å². The van der Waals surface area contributed by atoms with Crippen molar-refractivity contribution in [1.82, 2.24) is 5.43 Å². The summed E-state index contributed by atoms with van der Waals surface area (Å²) < 4.78 is 5.06. The van der Waals surface area contributed by atoms with Crippen LogP contribution in [0.2, 0.25) is 0 Å². The standard InChI is InChI=1S/C21H19N3O3/c1-14-5-7-17(8-6-14)20(25)24-23-15(2)16-9-11-18(12-10-16)22-21(26)19-4-3-13-27-19/h3-13H,1-2H3,(H,22,26)(H,24,25).